The summed E-state index contributed by atoms with van der Waals surface area (Å²) < 4.78 is 1.86. The fourth-order valence-electron chi connectivity index (χ4n) is 3.01. The zero-order valence-electron chi connectivity index (χ0n) is 12.5. The molecule has 21 heavy (non-hydrogen) atoms. The summed E-state index contributed by atoms with van der Waals surface area (Å²) in [5.74, 6) is -0.910. The van der Waals surface area contributed by atoms with E-state index in [4.69, 9.17) is 0 Å². The molecule has 1 heterocycles. The van der Waals surface area contributed by atoms with Crippen LogP contribution in [-0.4, -0.2) is 20.9 Å². The third-order valence-electron chi connectivity index (χ3n) is 4.44. The fourth-order valence-corrected chi connectivity index (χ4v) is 3.01. The smallest absolute Gasteiger partial charge is 0.339 e. The Balaban J connectivity index is 2.07. The molecule has 2 aromatic rings. The summed E-state index contributed by atoms with van der Waals surface area (Å²) in [6.07, 6.45) is 6.28. The van der Waals surface area contributed by atoms with Crippen molar-refractivity contribution in [3.05, 3.63) is 41.1 Å². The van der Waals surface area contributed by atoms with Crippen LogP contribution in [0.1, 0.15) is 53.2 Å². The molecule has 1 aliphatic rings. The van der Waals surface area contributed by atoms with Crippen molar-refractivity contribution in [1.29, 1.82) is 0 Å². The Morgan fingerprint density at radius 3 is 2.57 bits per heavy atom. The Morgan fingerprint density at radius 1 is 1.24 bits per heavy atom. The van der Waals surface area contributed by atoms with E-state index >= 15 is 0 Å². The first-order chi connectivity index (χ1) is 10.1. The van der Waals surface area contributed by atoms with Crippen molar-refractivity contribution in [1.82, 2.24) is 9.78 Å². The molecular formula is C17H20N2O2. The monoisotopic (exact) mass is 284 g/mol. The predicted molar refractivity (Wildman–Crippen MR) is 81.6 cm³/mol. The zero-order valence-corrected chi connectivity index (χ0v) is 12.5. The Kier molecular flexibility index (Phi) is 3.53. The van der Waals surface area contributed by atoms with E-state index in [0.717, 1.165) is 24.0 Å². The minimum Gasteiger partial charge on any atom is -0.478 e. The fraction of sp³-hybridized carbons (Fsp3) is 0.412. The maximum atomic E-state index is 11.5. The lowest BCUT2D eigenvalue weighted by molar-refractivity contribution is 0.0697. The van der Waals surface area contributed by atoms with Gasteiger partial charge in [0.15, 0.2) is 0 Å². The van der Waals surface area contributed by atoms with E-state index in [2.05, 4.69) is 5.10 Å². The van der Waals surface area contributed by atoms with Crippen LogP contribution in [0.5, 0.6) is 0 Å². The van der Waals surface area contributed by atoms with Gasteiger partial charge in [0.25, 0.3) is 0 Å². The molecule has 0 atom stereocenters. The number of carbonyl (C=O) groups is 1. The van der Waals surface area contributed by atoms with Crippen LogP contribution in [0, 0.1) is 13.8 Å². The van der Waals surface area contributed by atoms with E-state index in [1.807, 2.05) is 36.7 Å². The van der Waals surface area contributed by atoms with Crippen LogP contribution >= 0.6 is 0 Å². The second kappa shape index (κ2) is 5.35. The lowest BCUT2D eigenvalue weighted by Crippen LogP contribution is -2.05. The van der Waals surface area contributed by atoms with E-state index in [1.54, 1.807) is 6.20 Å². The number of benzene rings is 1. The lowest BCUT2D eigenvalue weighted by Gasteiger charge is -2.09. The molecule has 0 radical (unpaired) electrons. The van der Waals surface area contributed by atoms with Gasteiger partial charge in [-0.3, -0.25) is 4.68 Å². The Hall–Kier alpha value is -2.10. The Morgan fingerprint density at radius 2 is 1.95 bits per heavy atom. The molecule has 0 spiro atoms. The van der Waals surface area contributed by atoms with Crippen molar-refractivity contribution in [2.24, 2.45) is 0 Å². The van der Waals surface area contributed by atoms with Crippen molar-refractivity contribution < 1.29 is 9.90 Å². The number of rotatable bonds is 3. The van der Waals surface area contributed by atoms with Crippen LogP contribution in [0.4, 0.5) is 0 Å². The minimum atomic E-state index is -0.910. The van der Waals surface area contributed by atoms with Gasteiger partial charge < -0.3 is 5.11 Å². The summed E-state index contributed by atoms with van der Waals surface area (Å²) in [6, 6.07) is 6.34. The Bertz CT molecular complexity index is 682. The molecule has 0 amide bonds. The maximum absolute atomic E-state index is 11.5. The van der Waals surface area contributed by atoms with Crippen LogP contribution in [0.15, 0.2) is 24.4 Å². The highest BCUT2D eigenvalue weighted by atomic mass is 16.4. The molecule has 4 heteroatoms. The van der Waals surface area contributed by atoms with Gasteiger partial charge in [-0.25, -0.2) is 4.79 Å². The van der Waals surface area contributed by atoms with E-state index in [1.165, 1.54) is 18.4 Å². The van der Waals surface area contributed by atoms with Gasteiger partial charge >= 0.3 is 5.97 Å². The van der Waals surface area contributed by atoms with Crippen LogP contribution in [-0.2, 0) is 0 Å². The van der Waals surface area contributed by atoms with Gasteiger partial charge in [-0.15, -0.1) is 0 Å². The summed E-state index contributed by atoms with van der Waals surface area (Å²) in [4.78, 5) is 11.5. The molecular weight excluding hydrogens is 264 g/mol. The van der Waals surface area contributed by atoms with Gasteiger partial charge in [0, 0.05) is 11.8 Å². The van der Waals surface area contributed by atoms with Crippen molar-refractivity contribution >= 4 is 5.97 Å². The predicted octanol–water partition coefficient (Wildman–Crippen LogP) is 3.98. The molecule has 4 nitrogen and oxygen atoms in total. The second-order valence-electron chi connectivity index (χ2n) is 5.91. The molecule has 1 N–H and O–H groups in total. The highest BCUT2D eigenvalue weighted by Crippen LogP contribution is 2.32. The summed E-state index contributed by atoms with van der Waals surface area (Å²) in [5, 5.41) is 14.0. The van der Waals surface area contributed by atoms with Gasteiger partial charge in [-0.05, 0) is 43.9 Å². The molecule has 1 saturated carbocycles. The number of hydrogen-bond acceptors (Lipinski definition) is 2. The minimum absolute atomic E-state index is 0.296. The van der Waals surface area contributed by atoms with Gasteiger partial charge in [-0.1, -0.05) is 25.0 Å². The molecule has 3 rings (SSSR count). The highest BCUT2D eigenvalue weighted by molar-refractivity contribution is 5.94. The molecule has 110 valence electrons. The second-order valence-corrected chi connectivity index (χ2v) is 5.91. The lowest BCUT2D eigenvalue weighted by atomic mass is 10.0. The highest BCUT2D eigenvalue weighted by Gasteiger charge is 2.23. The number of aromatic nitrogens is 2. The number of aromatic carboxylic acids is 1. The normalized spacial score (nSPS) is 15.5. The molecule has 1 aromatic heterocycles. The van der Waals surface area contributed by atoms with Gasteiger partial charge in [0.05, 0.1) is 6.04 Å². The van der Waals surface area contributed by atoms with E-state index in [9.17, 15) is 9.90 Å². The van der Waals surface area contributed by atoms with Crippen LogP contribution in [0.2, 0.25) is 0 Å². The SMILES string of the molecule is Cc1ccc(-c2nn(C3CCCC3)cc2C(=O)O)cc1C. The van der Waals surface area contributed by atoms with Crippen molar-refractivity contribution in [3.63, 3.8) is 0 Å². The third-order valence-corrected chi connectivity index (χ3v) is 4.44. The average Bonchev–Trinajstić information content (AvgIpc) is 3.09. The van der Waals surface area contributed by atoms with Gasteiger partial charge in [0.1, 0.15) is 11.3 Å². The van der Waals surface area contributed by atoms with Crippen LogP contribution in [0.3, 0.4) is 0 Å². The van der Waals surface area contributed by atoms with E-state index in [0.29, 0.717) is 17.3 Å². The van der Waals surface area contributed by atoms with Crippen molar-refractivity contribution in [2.75, 3.05) is 0 Å². The number of carboxylic acid groups (broad SMARTS) is 1. The summed E-state index contributed by atoms with van der Waals surface area (Å²) in [6.45, 7) is 4.08. The number of nitrogens with zero attached hydrogens (tertiary/aromatic N) is 2. The van der Waals surface area contributed by atoms with Crippen LogP contribution < -0.4 is 0 Å². The van der Waals surface area contributed by atoms with Crippen molar-refractivity contribution in [2.45, 2.75) is 45.6 Å². The largest absolute Gasteiger partial charge is 0.478 e. The first-order valence-electron chi connectivity index (χ1n) is 7.46. The molecule has 0 unspecified atom stereocenters. The molecule has 1 fully saturated rings. The first kappa shape index (κ1) is 13.9. The molecule has 0 saturated heterocycles. The maximum Gasteiger partial charge on any atom is 0.339 e. The summed E-state index contributed by atoms with van der Waals surface area (Å²) >= 11 is 0. The molecule has 1 aliphatic carbocycles. The zero-order chi connectivity index (χ0) is 15.0. The molecule has 1 aromatic carbocycles. The molecule has 0 aliphatic heterocycles. The van der Waals surface area contributed by atoms with E-state index < -0.39 is 5.97 Å². The topological polar surface area (TPSA) is 55.1 Å². The number of carboxylic acids is 1. The summed E-state index contributed by atoms with van der Waals surface area (Å²) in [5.41, 5.74) is 4.11. The Labute approximate surface area is 124 Å². The number of hydrogen-bond donors (Lipinski definition) is 1. The average molecular weight is 284 g/mol. The first-order valence-corrected chi connectivity index (χ1v) is 7.46. The molecule has 0 bridgehead atoms. The van der Waals surface area contributed by atoms with Gasteiger partial charge in [-0.2, -0.15) is 5.10 Å². The quantitative estimate of drug-likeness (QED) is 0.927. The standard InChI is InChI=1S/C17H20N2O2/c1-11-7-8-13(9-12(11)2)16-15(17(20)21)10-19(18-16)14-5-3-4-6-14/h7-10,14H,3-6H2,1-2H3,(H,20,21). The summed E-state index contributed by atoms with van der Waals surface area (Å²) in [7, 11) is 0. The van der Waals surface area contributed by atoms with Crippen molar-refractivity contribution in [3.8, 4) is 11.3 Å². The van der Waals surface area contributed by atoms with E-state index in [-0.39, 0.29) is 0 Å². The third kappa shape index (κ3) is 2.58. The van der Waals surface area contributed by atoms with Crippen LogP contribution in [0.25, 0.3) is 11.3 Å². The number of aryl methyl sites for hydroxylation is 2. The van der Waals surface area contributed by atoms with Gasteiger partial charge in [0.2, 0.25) is 0 Å².